The van der Waals surface area contributed by atoms with Crippen LogP contribution in [0.3, 0.4) is 0 Å². The number of nitrogens with zero attached hydrogens (tertiary/aromatic N) is 1. The van der Waals surface area contributed by atoms with Crippen LogP contribution in [0.1, 0.15) is 59.0 Å². The summed E-state index contributed by atoms with van der Waals surface area (Å²) < 4.78 is 10.4. The Kier molecular flexibility index (Phi) is 5.71. The number of nitrogens with one attached hydrogen (secondary N) is 2. The van der Waals surface area contributed by atoms with Gasteiger partial charge in [-0.2, -0.15) is 0 Å². The van der Waals surface area contributed by atoms with Crippen molar-refractivity contribution in [3.05, 3.63) is 34.3 Å². The molecule has 29 heavy (non-hydrogen) atoms. The Morgan fingerprint density at radius 2 is 1.76 bits per heavy atom. The van der Waals surface area contributed by atoms with Gasteiger partial charge in [0.05, 0.1) is 25.8 Å². The number of aryl methyl sites for hydroxylation is 1. The first-order valence-electron chi connectivity index (χ1n) is 9.91. The van der Waals surface area contributed by atoms with Crippen molar-refractivity contribution in [3.8, 4) is 11.5 Å². The molecule has 1 heterocycles. The largest absolute Gasteiger partial charge is 0.497 e. The number of anilines is 1. The van der Waals surface area contributed by atoms with E-state index in [1.165, 1.54) is 24.2 Å². The van der Waals surface area contributed by atoms with Crippen molar-refractivity contribution in [2.24, 2.45) is 0 Å². The Balaban J connectivity index is 1.46. The number of carbonyl (C=O) groups excluding carboxylic acids is 2. The van der Waals surface area contributed by atoms with E-state index in [1.54, 1.807) is 32.4 Å². The molecule has 0 spiro atoms. The van der Waals surface area contributed by atoms with E-state index >= 15 is 0 Å². The lowest BCUT2D eigenvalue weighted by atomic mass is 10.1. The maximum absolute atomic E-state index is 12.7. The first kappa shape index (κ1) is 19.7. The van der Waals surface area contributed by atoms with Crippen molar-refractivity contribution >= 4 is 28.3 Å². The molecule has 2 N–H and O–H groups in total. The topological polar surface area (TPSA) is 89.6 Å². The molecule has 1 atom stereocenters. The van der Waals surface area contributed by atoms with Crippen LogP contribution in [0.4, 0.5) is 5.13 Å². The molecule has 2 aliphatic rings. The fraction of sp³-hybridized carbons (Fsp3) is 0.476. The smallest absolute Gasteiger partial charge is 0.257 e. The summed E-state index contributed by atoms with van der Waals surface area (Å²) in [5.41, 5.74) is 1.23. The van der Waals surface area contributed by atoms with E-state index in [9.17, 15) is 9.59 Å². The minimum atomic E-state index is -0.290. The summed E-state index contributed by atoms with van der Waals surface area (Å²) in [6.07, 6.45) is 6.10. The predicted molar refractivity (Wildman–Crippen MR) is 111 cm³/mol. The van der Waals surface area contributed by atoms with Gasteiger partial charge in [0.25, 0.3) is 5.91 Å². The molecule has 0 aliphatic heterocycles. The zero-order chi connectivity index (χ0) is 20.4. The fourth-order valence-electron chi connectivity index (χ4n) is 4.02. The fourth-order valence-corrected chi connectivity index (χ4v) is 5.05. The Bertz CT molecular complexity index is 898. The quantitative estimate of drug-likeness (QED) is 0.754. The van der Waals surface area contributed by atoms with Crippen molar-refractivity contribution in [1.82, 2.24) is 10.3 Å². The Morgan fingerprint density at radius 1 is 1.07 bits per heavy atom. The highest BCUT2D eigenvalue weighted by Gasteiger charge is 2.34. The van der Waals surface area contributed by atoms with Gasteiger partial charge in [-0.15, -0.1) is 11.3 Å². The third-order valence-electron chi connectivity index (χ3n) is 5.57. The van der Waals surface area contributed by atoms with Gasteiger partial charge in [0.1, 0.15) is 11.5 Å². The molecule has 8 heteroatoms. The standard InChI is InChI=1S/C21H25N3O4S/c1-27-14-9-12(10-15(11-14)28-2)19(25)24-21-23-18-16(7-8-17(18)29-21)20(26)22-13-5-3-4-6-13/h9-11,13,16H,3-8H2,1-2H3,(H,22,26)(H,23,24,25). The Labute approximate surface area is 173 Å². The van der Waals surface area contributed by atoms with Crippen molar-refractivity contribution in [2.45, 2.75) is 50.5 Å². The molecule has 2 amide bonds. The summed E-state index contributed by atoms with van der Waals surface area (Å²) in [5, 5.41) is 6.54. The molecule has 1 aromatic carbocycles. The third kappa shape index (κ3) is 4.22. The van der Waals surface area contributed by atoms with E-state index in [0.29, 0.717) is 28.2 Å². The maximum atomic E-state index is 12.7. The second-order valence-electron chi connectivity index (χ2n) is 7.46. The molecular weight excluding hydrogens is 390 g/mol. The monoisotopic (exact) mass is 415 g/mol. The van der Waals surface area contributed by atoms with E-state index in [2.05, 4.69) is 15.6 Å². The van der Waals surface area contributed by atoms with Gasteiger partial charge >= 0.3 is 0 Å². The van der Waals surface area contributed by atoms with Gasteiger partial charge in [0.2, 0.25) is 5.91 Å². The second-order valence-corrected chi connectivity index (χ2v) is 8.55. The van der Waals surface area contributed by atoms with E-state index in [0.717, 1.165) is 36.3 Å². The van der Waals surface area contributed by atoms with E-state index in [4.69, 9.17) is 9.47 Å². The van der Waals surface area contributed by atoms with Crippen LogP contribution in [0.2, 0.25) is 0 Å². The van der Waals surface area contributed by atoms with Crippen molar-refractivity contribution < 1.29 is 19.1 Å². The first-order valence-corrected chi connectivity index (χ1v) is 10.7. The summed E-state index contributed by atoms with van der Waals surface area (Å²) in [6, 6.07) is 5.31. The molecule has 0 radical (unpaired) electrons. The molecule has 1 unspecified atom stereocenters. The van der Waals surface area contributed by atoms with Crippen LogP contribution < -0.4 is 20.1 Å². The van der Waals surface area contributed by atoms with Crippen molar-refractivity contribution in [3.63, 3.8) is 0 Å². The summed E-state index contributed by atoms with van der Waals surface area (Å²) >= 11 is 1.44. The molecule has 2 aliphatic carbocycles. The van der Waals surface area contributed by atoms with Crippen LogP contribution in [-0.4, -0.2) is 37.1 Å². The van der Waals surface area contributed by atoms with Gasteiger partial charge in [0, 0.05) is 22.5 Å². The number of carbonyl (C=O) groups is 2. The number of hydrogen-bond donors (Lipinski definition) is 2. The molecule has 4 rings (SSSR count). The highest BCUT2D eigenvalue weighted by molar-refractivity contribution is 7.16. The summed E-state index contributed by atoms with van der Waals surface area (Å²) in [6.45, 7) is 0. The lowest BCUT2D eigenvalue weighted by Crippen LogP contribution is -2.36. The van der Waals surface area contributed by atoms with Gasteiger partial charge in [0.15, 0.2) is 5.13 Å². The number of ether oxygens (including phenoxy) is 2. The first-order chi connectivity index (χ1) is 14.1. The number of rotatable bonds is 6. The predicted octanol–water partition coefficient (Wildman–Crippen LogP) is 3.50. The molecule has 1 saturated carbocycles. The number of thiazole rings is 1. The number of benzene rings is 1. The molecule has 1 aromatic heterocycles. The molecule has 2 aromatic rings. The minimum Gasteiger partial charge on any atom is -0.497 e. The van der Waals surface area contributed by atoms with Crippen LogP contribution in [-0.2, 0) is 11.2 Å². The molecule has 0 bridgehead atoms. The number of aromatic nitrogens is 1. The summed E-state index contributed by atoms with van der Waals surface area (Å²) in [5.74, 6) is 0.641. The van der Waals surface area contributed by atoms with Crippen LogP contribution in [0.15, 0.2) is 18.2 Å². The van der Waals surface area contributed by atoms with Crippen LogP contribution in [0.5, 0.6) is 11.5 Å². The van der Waals surface area contributed by atoms with Crippen LogP contribution in [0.25, 0.3) is 0 Å². The molecule has 154 valence electrons. The summed E-state index contributed by atoms with van der Waals surface area (Å²) in [7, 11) is 3.08. The minimum absolute atomic E-state index is 0.0661. The summed E-state index contributed by atoms with van der Waals surface area (Å²) in [4.78, 5) is 31.0. The second kappa shape index (κ2) is 8.41. The van der Waals surface area contributed by atoms with Gasteiger partial charge in [-0.25, -0.2) is 4.98 Å². The highest BCUT2D eigenvalue weighted by Crippen LogP contribution is 2.39. The molecule has 0 saturated heterocycles. The lowest BCUT2D eigenvalue weighted by Gasteiger charge is -2.15. The third-order valence-corrected chi connectivity index (χ3v) is 6.62. The molecular formula is C21H25N3O4S. The van der Waals surface area contributed by atoms with Crippen LogP contribution in [0, 0.1) is 0 Å². The highest BCUT2D eigenvalue weighted by atomic mass is 32.1. The average molecular weight is 416 g/mol. The van der Waals surface area contributed by atoms with E-state index < -0.39 is 0 Å². The SMILES string of the molecule is COc1cc(OC)cc(C(=O)Nc2nc3c(s2)CCC3C(=O)NC2CCCC2)c1. The zero-order valence-corrected chi connectivity index (χ0v) is 17.4. The number of hydrogen-bond acceptors (Lipinski definition) is 6. The molecule has 1 fully saturated rings. The van der Waals surface area contributed by atoms with Gasteiger partial charge in [-0.05, 0) is 37.8 Å². The van der Waals surface area contributed by atoms with Crippen molar-refractivity contribution in [2.75, 3.05) is 19.5 Å². The lowest BCUT2D eigenvalue weighted by molar-refractivity contribution is -0.123. The maximum Gasteiger partial charge on any atom is 0.257 e. The number of fused-ring (bicyclic) bond motifs is 1. The average Bonchev–Trinajstić information content (AvgIpc) is 3.45. The number of amides is 2. The van der Waals surface area contributed by atoms with Crippen LogP contribution >= 0.6 is 11.3 Å². The van der Waals surface area contributed by atoms with Gasteiger partial charge < -0.3 is 14.8 Å². The van der Waals surface area contributed by atoms with E-state index in [-0.39, 0.29) is 17.7 Å². The zero-order valence-electron chi connectivity index (χ0n) is 16.6. The van der Waals surface area contributed by atoms with Gasteiger partial charge in [-0.3, -0.25) is 14.9 Å². The molecule has 7 nitrogen and oxygen atoms in total. The van der Waals surface area contributed by atoms with E-state index in [1.807, 2.05) is 0 Å². The van der Waals surface area contributed by atoms with Crippen molar-refractivity contribution in [1.29, 1.82) is 0 Å². The Hall–Kier alpha value is -2.61. The Morgan fingerprint density at radius 3 is 2.41 bits per heavy atom. The normalized spacial score (nSPS) is 18.3. The number of methoxy groups -OCH3 is 2. The van der Waals surface area contributed by atoms with Gasteiger partial charge in [-0.1, -0.05) is 12.8 Å².